The van der Waals surface area contributed by atoms with E-state index in [4.69, 9.17) is 0 Å². The zero-order chi connectivity index (χ0) is 14.7. The monoisotopic (exact) mass is 308 g/mol. The van der Waals surface area contributed by atoms with Crippen molar-refractivity contribution in [2.45, 2.75) is 23.6 Å². The van der Waals surface area contributed by atoms with Crippen molar-refractivity contribution in [3.63, 3.8) is 0 Å². The fraction of sp³-hybridized carbons (Fsp3) is 0.143. The third kappa shape index (κ3) is 1.71. The lowest BCUT2D eigenvalue weighted by Gasteiger charge is -2.25. The molecular formula is C14H13O4PS. The van der Waals surface area contributed by atoms with Gasteiger partial charge in [0.1, 0.15) is 0 Å². The molecule has 1 heterocycles. The molecular weight excluding hydrogens is 295 g/mol. The van der Waals surface area contributed by atoms with Gasteiger partial charge >= 0.3 is 0 Å². The minimum atomic E-state index is -3.88. The topological polar surface area (TPSA) is 71.4 Å². The van der Waals surface area contributed by atoms with Crippen molar-refractivity contribution in [1.29, 1.82) is 0 Å². The van der Waals surface area contributed by atoms with Crippen LogP contribution in [0, 0.1) is 13.8 Å². The molecule has 0 unspecified atom stereocenters. The van der Waals surface area contributed by atoms with Gasteiger partial charge in [0, 0.05) is 0 Å². The van der Waals surface area contributed by atoms with E-state index >= 15 is 0 Å². The van der Waals surface area contributed by atoms with Crippen LogP contribution in [0.2, 0.25) is 0 Å². The highest BCUT2D eigenvalue weighted by atomic mass is 32.2. The molecule has 0 amide bonds. The second-order valence-corrected chi connectivity index (χ2v) is 9.02. The summed E-state index contributed by atoms with van der Waals surface area (Å²) in [4.78, 5) is 10.3. The average Bonchev–Trinajstić information content (AvgIpc) is 2.36. The van der Waals surface area contributed by atoms with E-state index in [1.54, 1.807) is 26.0 Å². The highest BCUT2D eigenvalue weighted by molar-refractivity contribution is 7.94. The van der Waals surface area contributed by atoms with Gasteiger partial charge in [-0.25, -0.2) is 8.42 Å². The summed E-state index contributed by atoms with van der Waals surface area (Å²) in [5.74, 6) is 0. The normalized spacial score (nSPS) is 18.1. The summed E-state index contributed by atoms with van der Waals surface area (Å²) < 4.78 is 37.9. The Labute approximate surface area is 117 Å². The van der Waals surface area contributed by atoms with E-state index in [1.165, 1.54) is 24.3 Å². The van der Waals surface area contributed by atoms with Crippen LogP contribution in [0.4, 0.5) is 0 Å². The molecule has 0 spiro atoms. The van der Waals surface area contributed by atoms with E-state index in [0.29, 0.717) is 0 Å². The van der Waals surface area contributed by atoms with E-state index in [1.807, 2.05) is 0 Å². The summed E-state index contributed by atoms with van der Waals surface area (Å²) in [5.41, 5.74) is 1.51. The van der Waals surface area contributed by atoms with Gasteiger partial charge in [0.2, 0.25) is 9.84 Å². The quantitative estimate of drug-likeness (QED) is 0.752. The molecule has 0 saturated heterocycles. The molecule has 4 nitrogen and oxygen atoms in total. The Kier molecular flexibility index (Phi) is 2.74. The zero-order valence-electron chi connectivity index (χ0n) is 11.0. The first kappa shape index (κ1) is 13.6. The first-order chi connectivity index (χ1) is 9.24. The maximum atomic E-state index is 12.8. The molecule has 0 atom stereocenters. The molecule has 0 radical (unpaired) electrons. The minimum absolute atomic E-state index is 0.00981. The van der Waals surface area contributed by atoms with Crippen molar-refractivity contribution >= 4 is 27.8 Å². The fourth-order valence-electron chi connectivity index (χ4n) is 2.43. The summed E-state index contributed by atoms with van der Waals surface area (Å²) >= 11 is 0. The molecule has 1 aliphatic rings. The van der Waals surface area contributed by atoms with Gasteiger partial charge in [0.15, 0.2) is 0 Å². The zero-order valence-corrected chi connectivity index (χ0v) is 12.7. The van der Waals surface area contributed by atoms with Crippen molar-refractivity contribution in [1.82, 2.24) is 0 Å². The second kappa shape index (κ2) is 4.04. The fourth-order valence-corrected chi connectivity index (χ4v) is 7.06. The lowest BCUT2D eigenvalue weighted by atomic mass is 10.2. The van der Waals surface area contributed by atoms with Gasteiger partial charge < -0.3 is 4.89 Å². The molecule has 0 aliphatic carbocycles. The van der Waals surface area contributed by atoms with Crippen LogP contribution >= 0.6 is 7.37 Å². The second-order valence-electron chi connectivity index (χ2n) is 5.02. The number of sulfone groups is 1. The first-order valence-electron chi connectivity index (χ1n) is 6.05. The Balaban J connectivity index is 2.51. The molecule has 1 aliphatic heterocycles. The van der Waals surface area contributed by atoms with Gasteiger partial charge in [-0.1, -0.05) is 23.3 Å². The van der Waals surface area contributed by atoms with Crippen LogP contribution in [0.1, 0.15) is 11.1 Å². The third-order valence-electron chi connectivity index (χ3n) is 3.46. The van der Waals surface area contributed by atoms with Crippen LogP contribution in [-0.2, 0) is 14.4 Å². The molecule has 0 bridgehead atoms. The molecule has 3 rings (SSSR count). The molecule has 0 saturated carbocycles. The molecule has 1 N–H and O–H groups in total. The van der Waals surface area contributed by atoms with Gasteiger partial charge in [-0.05, 0) is 38.1 Å². The summed E-state index contributed by atoms with van der Waals surface area (Å²) in [6.07, 6.45) is 0. The maximum Gasteiger partial charge on any atom is 0.261 e. The molecule has 104 valence electrons. The number of hydrogen-bond donors (Lipinski definition) is 1. The van der Waals surface area contributed by atoms with Gasteiger partial charge in [-0.2, -0.15) is 0 Å². The number of benzene rings is 2. The van der Waals surface area contributed by atoms with Crippen molar-refractivity contribution in [2.24, 2.45) is 0 Å². The molecule has 0 fully saturated rings. The summed E-state index contributed by atoms with van der Waals surface area (Å²) in [6.45, 7) is 3.53. The number of rotatable bonds is 0. The highest BCUT2D eigenvalue weighted by Crippen LogP contribution is 2.47. The number of aryl methyl sites for hydroxylation is 2. The van der Waals surface area contributed by atoms with E-state index in [-0.39, 0.29) is 20.4 Å². The van der Waals surface area contributed by atoms with Crippen molar-refractivity contribution in [2.75, 3.05) is 0 Å². The Morgan fingerprint density at radius 2 is 1.30 bits per heavy atom. The van der Waals surface area contributed by atoms with Gasteiger partial charge in [0.05, 0.1) is 20.4 Å². The van der Waals surface area contributed by atoms with Crippen LogP contribution in [0.25, 0.3) is 0 Å². The molecule has 2 aromatic carbocycles. The van der Waals surface area contributed by atoms with Crippen LogP contribution in [0.3, 0.4) is 0 Å². The van der Waals surface area contributed by atoms with Crippen LogP contribution in [0.15, 0.2) is 46.2 Å². The number of fused-ring (bicyclic) bond motifs is 2. The van der Waals surface area contributed by atoms with Crippen molar-refractivity contribution in [3.05, 3.63) is 47.5 Å². The highest BCUT2D eigenvalue weighted by Gasteiger charge is 2.42. The third-order valence-corrected chi connectivity index (χ3v) is 7.68. The predicted molar refractivity (Wildman–Crippen MR) is 76.9 cm³/mol. The van der Waals surface area contributed by atoms with E-state index < -0.39 is 17.2 Å². The van der Waals surface area contributed by atoms with E-state index in [2.05, 4.69) is 0 Å². The molecule has 20 heavy (non-hydrogen) atoms. The SMILES string of the molecule is Cc1ccc2c(c1)P(=O)(O)c1cc(C)ccc1S2(=O)=O. The standard InChI is InChI=1S/C14H13O4PS/c1-9-3-5-13-11(7-9)19(15,16)12-8-10(2)4-6-14(12)20(13,17)18/h3-8H,1-2H3,(H,15,16). The summed E-state index contributed by atoms with van der Waals surface area (Å²) in [5, 5.41) is 0.0196. The van der Waals surface area contributed by atoms with E-state index in [9.17, 15) is 17.9 Å². The minimum Gasteiger partial charge on any atom is -0.338 e. The Morgan fingerprint density at radius 1 is 0.900 bits per heavy atom. The summed E-state index contributed by atoms with van der Waals surface area (Å²) in [7, 11) is -7.62. The number of hydrogen-bond acceptors (Lipinski definition) is 3. The Morgan fingerprint density at radius 3 is 1.70 bits per heavy atom. The lowest BCUT2D eigenvalue weighted by Crippen LogP contribution is -2.31. The Bertz CT molecular complexity index is 821. The average molecular weight is 308 g/mol. The lowest BCUT2D eigenvalue weighted by molar-refractivity contribution is 0.498. The van der Waals surface area contributed by atoms with Gasteiger partial charge in [0.25, 0.3) is 7.37 Å². The van der Waals surface area contributed by atoms with Crippen LogP contribution in [-0.4, -0.2) is 13.3 Å². The molecule has 0 aromatic heterocycles. The summed E-state index contributed by atoms with van der Waals surface area (Å²) in [6, 6.07) is 9.06. The van der Waals surface area contributed by atoms with Gasteiger partial charge in [-0.15, -0.1) is 0 Å². The maximum absolute atomic E-state index is 12.8. The largest absolute Gasteiger partial charge is 0.338 e. The first-order valence-corrected chi connectivity index (χ1v) is 9.19. The predicted octanol–water partition coefficient (Wildman–Crippen LogP) is 1.67. The van der Waals surface area contributed by atoms with Crippen molar-refractivity contribution in [3.8, 4) is 0 Å². The van der Waals surface area contributed by atoms with Crippen LogP contribution in [0.5, 0.6) is 0 Å². The molecule has 2 aromatic rings. The Hall–Kier alpha value is -1.42. The van der Waals surface area contributed by atoms with Crippen LogP contribution < -0.4 is 10.6 Å². The molecule has 6 heteroatoms. The van der Waals surface area contributed by atoms with Gasteiger partial charge in [-0.3, -0.25) is 4.57 Å². The van der Waals surface area contributed by atoms with Crippen molar-refractivity contribution < 1.29 is 17.9 Å². The van der Waals surface area contributed by atoms with E-state index in [0.717, 1.165) is 11.1 Å². The smallest absolute Gasteiger partial charge is 0.261 e.